The molecule has 2 heterocycles. The second kappa shape index (κ2) is 7.10. The predicted molar refractivity (Wildman–Crippen MR) is 85.3 cm³/mol. The fourth-order valence-corrected chi connectivity index (χ4v) is 4.27. The molecule has 4 heteroatoms. The van der Waals surface area contributed by atoms with Gasteiger partial charge in [-0.3, -0.25) is 4.79 Å². The molecule has 1 N–H and O–H groups in total. The van der Waals surface area contributed by atoms with Crippen LogP contribution in [0.4, 0.5) is 0 Å². The molecular weight excluding hydrogens is 262 g/mol. The minimum atomic E-state index is 0.396. The first-order valence-electron chi connectivity index (χ1n) is 8.96. The van der Waals surface area contributed by atoms with Gasteiger partial charge in [0.25, 0.3) is 0 Å². The number of rotatable bonds is 3. The van der Waals surface area contributed by atoms with Crippen LogP contribution in [0.2, 0.25) is 0 Å². The second-order valence-electron chi connectivity index (χ2n) is 7.34. The fourth-order valence-electron chi connectivity index (χ4n) is 4.27. The van der Waals surface area contributed by atoms with E-state index in [1.54, 1.807) is 0 Å². The van der Waals surface area contributed by atoms with E-state index in [2.05, 4.69) is 22.2 Å². The second-order valence-corrected chi connectivity index (χ2v) is 7.34. The van der Waals surface area contributed by atoms with Crippen molar-refractivity contribution in [2.24, 2.45) is 0 Å². The van der Waals surface area contributed by atoms with Crippen LogP contribution >= 0.6 is 0 Å². The van der Waals surface area contributed by atoms with Gasteiger partial charge in [0, 0.05) is 31.1 Å². The van der Waals surface area contributed by atoms with Gasteiger partial charge in [-0.1, -0.05) is 25.7 Å². The predicted octanol–water partition coefficient (Wildman–Crippen LogP) is 1.99. The van der Waals surface area contributed by atoms with E-state index < -0.39 is 0 Å². The zero-order valence-corrected chi connectivity index (χ0v) is 13.5. The largest absolute Gasteiger partial charge is 0.338 e. The maximum atomic E-state index is 12.4. The highest BCUT2D eigenvalue weighted by Crippen LogP contribution is 2.26. The number of nitrogens with one attached hydrogen (secondary N) is 1. The molecule has 4 nitrogen and oxygen atoms in total. The Kier molecular flexibility index (Phi) is 5.17. The van der Waals surface area contributed by atoms with Crippen molar-refractivity contribution in [1.82, 2.24) is 15.1 Å². The number of nitrogens with zero attached hydrogens (tertiary/aromatic N) is 2. The van der Waals surface area contributed by atoms with Crippen molar-refractivity contribution in [3.05, 3.63) is 0 Å². The molecule has 3 aliphatic rings. The van der Waals surface area contributed by atoms with Gasteiger partial charge < -0.3 is 15.1 Å². The van der Waals surface area contributed by atoms with E-state index in [0.29, 0.717) is 24.0 Å². The van der Waals surface area contributed by atoms with Gasteiger partial charge in [0.05, 0.1) is 0 Å². The highest BCUT2D eigenvalue weighted by atomic mass is 16.2. The van der Waals surface area contributed by atoms with Crippen LogP contribution in [0.25, 0.3) is 0 Å². The van der Waals surface area contributed by atoms with E-state index in [0.717, 1.165) is 13.0 Å². The average Bonchev–Trinajstić information content (AvgIpc) is 2.68. The number of hydrogen-bond donors (Lipinski definition) is 1. The standard InChI is InChI=1S/C17H31N3O/c1-19-10-8-14(9-11-19)18-15-12-17(21)20(13-15)16-6-4-2-3-5-7-16/h14-16,18H,2-13H2,1H3/t15-/m1/s1. The Labute approximate surface area is 129 Å². The van der Waals surface area contributed by atoms with Gasteiger partial charge in [0.1, 0.15) is 0 Å². The van der Waals surface area contributed by atoms with Gasteiger partial charge in [0.15, 0.2) is 0 Å². The fraction of sp³-hybridized carbons (Fsp3) is 0.941. The van der Waals surface area contributed by atoms with Crippen molar-refractivity contribution in [3.8, 4) is 0 Å². The van der Waals surface area contributed by atoms with Crippen LogP contribution in [0.3, 0.4) is 0 Å². The van der Waals surface area contributed by atoms with Crippen LogP contribution < -0.4 is 5.32 Å². The van der Waals surface area contributed by atoms with Crippen molar-refractivity contribution >= 4 is 5.91 Å². The normalized spacial score (nSPS) is 30.8. The quantitative estimate of drug-likeness (QED) is 0.808. The molecule has 120 valence electrons. The first-order valence-corrected chi connectivity index (χ1v) is 8.96. The third-order valence-electron chi connectivity index (χ3n) is 5.61. The molecule has 21 heavy (non-hydrogen) atoms. The molecule has 3 rings (SSSR count). The molecular formula is C17H31N3O. The van der Waals surface area contributed by atoms with Crippen LogP contribution in [0.1, 0.15) is 57.8 Å². The third kappa shape index (κ3) is 3.98. The minimum absolute atomic E-state index is 0.396. The summed E-state index contributed by atoms with van der Waals surface area (Å²) in [6.07, 6.45) is 11.0. The molecule has 2 saturated heterocycles. The van der Waals surface area contributed by atoms with E-state index >= 15 is 0 Å². The number of likely N-dealkylation sites (tertiary alicyclic amines) is 2. The molecule has 1 amide bonds. The summed E-state index contributed by atoms with van der Waals surface area (Å²) in [4.78, 5) is 17.0. The minimum Gasteiger partial charge on any atom is -0.338 e. The van der Waals surface area contributed by atoms with Gasteiger partial charge >= 0.3 is 0 Å². The Morgan fingerprint density at radius 1 is 0.952 bits per heavy atom. The van der Waals surface area contributed by atoms with E-state index in [9.17, 15) is 4.79 Å². The van der Waals surface area contributed by atoms with Crippen LogP contribution in [0.15, 0.2) is 0 Å². The number of hydrogen-bond acceptors (Lipinski definition) is 3. The molecule has 0 aromatic carbocycles. The first kappa shape index (κ1) is 15.3. The van der Waals surface area contributed by atoms with E-state index in [4.69, 9.17) is 0 Å². The molecule has 1 saturated carbocycles. The Bertz CT molecular complexity index is 344. The maximum Gasteiger partial charge on any atom is 0.224 e. The Hall–Kier alpha value is -0.610. The molecule has 0 unspecified atom stereocenters. The zero-order chi connectivity index (χ0) is 14.7. The van der Waals surface area contributed by atoms with Crippen LogP contribution in [0.5, 0.6) is 0 Å². The topological polar surface area (TPSA) is 35.6 Å². The van der Waals surface area contributed by atoms with Crippen molar-refractivity contribution in [2.75, 3.05) is 26.7 Å². The van der Waals surface area contributed by atoms with Gasteiger partial charge in [-0.2, -0.15) is 0 Å². The average molecular weight is 293 g/mol. The van der Waals surface area contributed by atoms with Crippen molar-refractivity contribution in [3.63, 3.8) is 0 Å². The molecule has 0 bridgehead atoms. The molecule has 0 spiro atoms. The smallest absolute Gasteiger partial charge is 0.224 e. The lowest BCUT2D eigenvalue weighted by molar-refractivity contribution is -0.129. The molecule has 2 aliphatic heterocycles. The molecule has 0 radical (unpaired) electrons. The zero-order valence-electron chi connectivity index (χ0n) is 13.5. The van der Waals surface area contributed by atoms with Gasteiger partial charge in [-0.15, -0.1) is 0 Å². The third-order valence-corrected chi connectivity index (χ3v) is 5.61. The van der Waals surface area contributed by atoms with Crippen molar-refractivity contribution < 1.29 is 4.79 Å². The summed E-state index contributed by atoms with van der Waals surface area (Å²) in [6.45, 7) is 3.32. The monoisotopic (exact) mass is 293 g/mol. The van der Waals surface area contributed by atoms with E-state index in [1.165, 1.54) is 64.5 Å². The van der Waals surface area contributed by atoms with Crippen LogP contribution in [-0.4, -0.2) is 60.5 Å². The first-order chi connectivity index (χ1) is 10.2. The number of amides is 1. The summed E-state index contributed by atoms with van der Waals surface area (Å²) < 4.78 is 0. The summed E-state index contributed by atoms with van der Waals surface area (Å²) in [6, 6.07) is 1.55. The Morgan fingerprint density at radius 2 is 1.62 bits per heavy atom. The molecule has 0 aromatic heterocycles. The summed E-state index contributed by atoms with van der Waals surface area (Å²) in [5, 5.41) is 3.76. The number of carbonyl (C=O) groups is 1. The molecule has 1 aliphatic carbocycles. The van der Waals surface area contributed by atoms with Crippen LogP contribution in [-0.2, 0) is 4.79 Å². The maximum absolute atomic E-state index is 12.4. The highest BCUT2D eigenvalue weighted by Gasteiger charge is 2.35. The summed E-state index contributed by atoms with van der Waals surface area (Å²) in [5.41, 5.74) is 0. The van der Waals surface area contributed by atoms with Crippen molar-refractivity contribution in [1.29, 1.82) is 0 Å². The lowest BCUT2D eigenvalue weighted by Crippen LogP contribution is -2.46. The molecule has 3 fully saturated rings. The summed E-state index contributed by atoms with van der Waals surface area (Å²) in [5.74, 6) is 0.396. The number of piperidine rings is 1. The van der Waals surface area contributed by atoms with E-state index in [1.807, 2.05) is 0 Å². The Morgan fingerprint density at radius 3 is 2.29 bits per heavy atom. The molecule has 1 atom stereocenters. The van der Waals surface area contributed by atoms with Crippen LogP contribution in [0, 0.1) is 0 Å². The van der Waals surface area contributed by atoms with E-state index in [-0.39, 0.29) is 0 Å². The Balaban J connectivity index is 1.49. The van der Waals surface area contributed by atoms with Gasteiger partial charge in [-0.05, 0) is 45.8 Å². The highest BCUT2D eigenvalue weighted by molar-refractivity contribution is 5.79. The summed E-state index contributed by atoms with van der Waals surface area (Å²) >= 11 is 0. The van der Waals surface area contributed by atoms with Gasteiger partial charge in [0.2, 0.25) is 5.91 Å². The van der Waals surface area contributed by atoms with Gasteiger partial charge in [-0.25, -0.2) is 0 Å². The van der Waals surface area contributed by atoms with Crippen molar-refractivity contribution in [2.45, 2.75) is 75.9 Å². The molecule has 0 aromatic rings. The SMILES string of the molecule is CN1CCC(N[C@@H]2CC(=O)N(C3CCCCCC3)C2)CC1. The number of carbonyl (C=O) groups excluding carboxylic acids is 1. The lowest BCUT2D eigenvalue weighted by atomic mass is 10.0. The summed E-state index contributed by atoms with van der Waals surface area (Å²) in [7, 11) is 2.20. The lowest BCUT2D eigenvalue weighted by Gasteiger charge is -2.32.